The normalized spacial score (nSPS) is 11.3. The largest absolute Gasteiger partial charge is 0.235 e. The maximum atomic E-state index is 13.9. The Balaban J connectivity index is 1.91. The van der Waals surface area contributed by atoms with Crippen LogP contribution in [0.1, 0.15) is 0 Å². The summed E-state index contributed by atoms with van der Waals surface area (Å²) in [5.41, 5.74) is -0.171. The molecule has 9 heteroatoms. The summed E-state index contributed by atoms with van der Waals surface area (Å²) in [5.74, 6) is -4.19. The van der Waals surface area contributed by atoms with Crippen molar-refractivity contribution in [3.63, 3.8) is 0 Å². The summed E-state index contributed by atoms with van der Waals surface area (Å²) in [5, 5.41) is 11.9. The van der Waals surface area contributed by atoms with Crippen LogP contribution in [0.2, 0.25) is 0 Å². The Labute approximate surface area is 136 Å². The minimum atomic E-state index is -1.08. The van der Waals surface area contributed by atoms with E-state index in [0.717, 1.165) is 23.5 Å². The first-order chi connectivity index (χ1) is 11.6. The average molecular weight is 350 g/mol. The molecule has 0 spiro atoms. The Kier molecular flexibility index (Phi) is 3.31. The van der Waals surface area contributed by atoms with Gasteiger partial charge < -0.3 is 0 Å². The van der Waals surface area contributed by atoms with E-state index in [-0.39, 0.29) is 26.9 Å². The van der Waals surface area contributed by atoms with Crippen LogP contribution in [0.3, 0.4) is 0 Å². The quantitative estimate of drug-likeness (QED) is 0.512. The zero-order valence-corrected chi connectivity index (χ0v) is 12.5. The van der Waals surface area contributed by atoms with Gasteiger partial charge in [-0.25, -0.2) is 17.6 Å². The fourth-order valence-corrected chi connectivity index (χ4v) is 3.10. The molecule has 0 aliphatic rings. The second kappa shape index (κ2) is 5.38. The van der Waals surface area contributed by atoms with Crippen molar-refractivity contribution in [2.24, 2.45) is 0 Å². The van der Waals surface area contributed by atoms with Gasteiger partial charge in [-0.2, -0.15) is 9.61 Å². The number of rotatable bonds is 2. The van der Waals surface area contributed by atoms with Crippen molar-refractivity contribution in [3.8, 4) is 22.0 Å². The summed E-state index contributed by atoms with van der Waals surface area (Å²) in [4.78, 5) is 0.243. The molecule has 24 heavy (non-hydrogen) atoms. The summed E-state index contributed by atoms with van der Waals surface area (Å²) in [6.45, 7) is 0. The van der Waals surface area contributed by atoms with Crippen molar-refractivity contribution in [1.29, 1.82) is 0 Å². The first kappa shape index (κ1) is 14.8. The van der Waals surface area contributed by atoms with Crippen molar-refractivity contribution in [1.82, 2.24) is 19.8 Å². The third-order valence-corrected chi connectivity index (χ3v) is 4.30. The Morgan fingerprint density at radius 1 is 0.792 bits per heavy atom. The molecule has 0 unspecified atom stereocenters. The third kappa shape index (κ3) is 2.16. The van der Waals surface area contributed by atoms with E-state index in [0.29, 0.717) is 0 Å². The molecule has 0 amide bonds. The summed E-state index contributed by atoms with van der Waals surface area (Å²) >= 11 is 0.954. The van der Waals surface area contributed by atoms with E-state index in [9.17, 15) is 17.6 Å². The molecule has 4 aromatic rings. The number of nitrogens with zero attached hydrogens (tertiary/aromatic N) is 4. The molecule has 0 saturated heterocycles. The molecule has 0 saturated carbocycles. The predicted octanol–water partition coefficient (Wildman–Crippen LogP) is 4.08. The van der Waals surface area contributed by atoms with E-state index >= 15 is 0 Å². The lowest BCUT2D eigenvalue weighted by atomic mass is 10.2. The minimum Gasteiger partial charge on any atom is -0.204 e. The molecule has 0 fully saturated rings. The molecule has 4 nitrogen and oxygen atoms in total. The first-order valence-corrected chi connectivity index (χ1v) is 7.49. The van der Waals surface area contributed by atoms with Crippen LogP contribution < -0.4 is 0 Å². The van der Waals surface area contributed by atoms with Crippen LogP contribution in [0.5, 0.6) is 0 Å². The molecular formula is C15H6F4N4S. The van der Waals surface area contributed by atoms with Gasteiger partial charge in [-0.1, -0.05) is 23.5 Å². The van der Waals surface area contributed by atoms with E-state index in [1.807, 2.05) is 0 Å². The average Bonchev–Trinajstić information content (AvgIpc) is 3.13. The van der Waals surface area contributed by atoms with Gasteiger partial charge in [0.15, 0.2) is 34.1 Å². The number of halogens is 4. The van der Waals surface area contributed by atoms with Gasteiger partial charge in [0.05, 0.1) is 11.1 Å². The van der Waals surface area contributed by atoms with Crippen LogP contribution in [-0.2, 0) is 0 Å². The zero-order chi connectivity index (χ0) is 16.8. The Morgan fingerprint density at radius 3 is 2.12 bits per heavy atom. The minimum absolute atomic E-state index is 0.0266. The van der Waals surface area contributed by atoms with E-state index in [4.69, 9.17) is 0 Å². The second-order valence-corrected chi connectivity index (χ2v) is 5.78. The predicted molar refractivity (Wildman–Crippen MR) is 79.4 cm³/mol. The smallest absolute Gasteiger partial charge is 0.204 e. The number of benzene rings is 2. The zero-order valence-electron chi connectivity index (χ0n) is 11.7. The second-order valence-electron chi connectivity index (χ2n) is 4.83. The van der Waals surface area contributed by atoms with Crippen molar-refractivity contribution in [2.75, 3.05) is 0 Å². The Morgan fingerprint density at radius 2 is 1.42 bits per heavy atom. The molecule has 120 valence electrons. The highest BCUT2D eigenvalue weighted by Crippen LogP contribution is 2.31. The van der Waals surface area contributed by atoms with Crippen LogP contribution in [0.15, 0.2) is 36.4 Å². The molecule has 0 atom stereocenters. The molecule has 2 heterocycles. The van der Waals surface area contributed by atoms with E-state index < -0.39 is 23.3 Å². The molecule has 0 bridgehead atoms. The van der Waals surface area contributed by atoms with Gasteiger partial charge in [0.2, 0.25) is 4.96 Å². The van der Waals surface area contributed by atoms with Crippen LogP contribution in [0, 0.1) is 23.3 Å². The first-order valence-electron chi connectivity index (χ1n) is 6.67. The van der Waals surface area contributed by atoms with Crippen LogP contribution >= 0.6 is 11.3 Å². The molecule has 0 aliphatic carbocycles. The van der Waals surface area contributed by atoms with E-state index in [1.165, 1.54) is 28.8 Å². The Bertz CT molecular complexity index is 1070. The maximum absolute atomic E-state index is 13.9. The van der Waals surface area contributed by atoms with Gasteiger partial charge in [-0.3, -0.25) is 0 Å². The van der Waals surface area contributed by atoms with Gasteiger partial charge >= 0.3 is 0 Å². The SMILES string of the molecule is Fc1cccc(-c2nn3c(-c4cccc(F)c4F)nnc3s2)c1F. The molecule has 0 N–H and O–H groups in total. The Hall–Kier alpha value is -2.81. The summed E-state index contributed by atoms with van der Waals surface area (Å²) < 4.78 is 55.8. The van der Waals surface area contributed by atoms with Gasteiger partial charge in [0.1, 0.15) is 0 Å². The van der Waals surface area contributed by atoms with E-state index in [2.05, 4.69) is 15.3 Å². The summed E-state index contributed by atoms with van der Waals surface area (Å²) in [6.07, 6.45) is 0. The third-order valence-electron chi connectivity index (χ3n) is 3.37. The lowest BCUT2D eigenvalue weighted by Gasteiger charge is -2.00. The van der Waals surface area contributed by atoms with Gasteiger partial charge in [-0.15, -0.1) is 10.2 Å². The molecule has 0 radical (unpaired) electrons. The monoisotopic (exact) mass is 350 g/mol. The number of aromatic nitrogens is 4. The maximum Gasteiger partial charge on any atom is 0.235 e. The van der Waals surface area contributed by atoms with Gasteiger partial charge in [-0.05, 0) is 24.3 Å². The van der Waals surface area contributed by atoms with Gasteiger partial charge in [0.25, 0.3) is 0 Å². The number of fused-ring (bicyclic) bond motifs is 1. The van der Waals surface area contributed by atoms with Crippen molar-refractivity contribution < 1.29 is 17.6 Å². The summed E-state index contributed by atoms with van der Waals surface area (Å²) in [7, 11) is 0. The lowest BCUT2D eigenvalue weighted by Crippen LogP contribution is -1.96. The molecular weight excluding hydrogens is 344 g/mol. The molecule has 4 rings (SSSR count). The number of hydrogen-bond acceptors (Lipinski definition) is 4. The fraction of sp³-hybridized carbons (Fsp3) is 0. The van der Waals surface area contributed by atoms with Crippen LogP contribution in [-0.4, -0.2) is 19.8 Å². The van der Waals surface area contributed by atoms with Crippen molar-refractivity contribution in [2.45, 2.75) is 0 Å². The highest BCUT2D eigenvalue weighted by molar-refractivity contribution is 7.19. The fourth-order valence-electron chi connectivity index (χ4n) is 2.24. The lowest BCUT2D eigenvalue weighted by molar-refractivity contribution is 0.510. The van der Waals surface area contributed by atoms with Crippen molar-refractivity contribution >= 4 is 16.3 Å². The standard InChI is InChI=1S/C15H6F4N4S/c16-9-5-1-3-7(11(9)18)13-20-21-15-23(13)22-14(24-15)8-4-2-6-10(17)12(8)19/h1-6H. The highest BCUT2D eigenvalue weighted by Gasteiger charge is 2.20. The van der Waals surface area contributed by atoms with E-state index in [1.54, 1.807) is 0 Å². The van der Waals surface area contributed by atoms with Crippen molar-refractivity contribution in [3.05, 3.63) is 59.7 Å². The molecule has 2 aromatic heterocycles. The van der Waals surface area contributed by atoms with Crippen LogP contribution in [0.4, 0.5) is 17.6 Å². The topological polar surface area (TPSA) is 43.1 Å². The number of hydrogen-bond donors (Lipinski definition) is 0. The van der Waals surface area contributed by atoms with Crippen LogP contribution in [0.25, 0.3) is 26.9 Å². The molecule has 2 aromatic carbocycles. The summed E-state index contributed by atoms with van der Waals surface area (Å²) in [6, 6.07) is 7.35. The van der Waals surface area contributed by atoms with Gasteiger partial charge in [0, 0.05) is 0 Å². The molecule has 0 aliphatic heterocycles. The highest BCUT2D eigenvalue weighted by atomic mass is 32.1.